The highest BCUT2D eigenvalue weighted by atomic mass is 35.5. The van der Waals surface area contributed by atoms with Gasteiger partial charge in [-0.3, -0.25) is 4.79 Å². The maximum Gasteiger partial charge on any atom is 0.341 e. The van der Waals surface area contributed by atoms with E-state index in [1.165, 1.54) is 17.4 Å². The largest absolute Gasteiger partial charge is 0.462 e. The first-order chi connectivity index (χ1) is 16.0. The predicted octanol–water partition coefficient (Wildman–Crippen LogP) is 6.26. The highest BCUT2D eigenvalue weighted by Crippen LogP contribution is 2.39. The van der Waals surface area contributed by atoms with E-state index in [1.807, 2.05) is 18.2 Å². The van der Waals surface area contributed by atoms with Gasteiger partial charge in [-0.15, -0.1) is 11.3 Å². The number of rotatable bonds is 6. The molecule has 8 heteroatoms. The number of furan rings is 1. The number of carbonyl (C=O) groups excluding carboxylic acids is 2. The Hall–Kier alpha value is -3.34. The third-order valence-electron chi connectivity index (χ3n) is 5.27. The van der Waals surface area contributed by atoms with Crippen LogP contribution in [0, 0.1) is 11.3 Å². The number of carbonyl (C=O) groups is 2. The van der Waals surface area contributed by atoms with Crippen LogP contribution in [0.1, 0.15) is 46.3 Å². The molecule has 0 saturated carbocycles. The average Bonchev–Trinajstić information content (AvgIpc) is 3.42. The summed E-state index contributed by atoms with van der Waals surface area (Å²) in [6.07, 6.45) is 5.04. The predicted molar refractivity (Wildman–Crippen MR) is 128 cm³/mol. The molecule has 0 saturated heterocycles. The summed E-state index contributed by atoms with van der Waals surface area (Å²) in [4.78, 5) is 26.6. The zero-order valence-electron chi connectivity index (χ0n) is 17.9. The second kappa shape index (κ2) is 10.1. The second-order valence-electron chi connectivity index (χ2n) is 7.47. The maximum absolute atomic E-state index is 12.9. The van der Waals surface area contributed by atoms with Gasteiger partial charge in [0.05, 0.1) is 12.2 Å². The molecule has 1 aromatic carbocycles. The number of esters is 1. The summed E-state index contributed by atoms with van der Waals surface area (Å²) < 4.78 is 11.0. The van der Waals surface area contributed by atoms with Crippen molar-refractivity contribution in [3.8, 4) is 17.4 Å². The average molecular weight is 481 g/mol. The normalized spacial score (nSPS) is 13.2. The molecule has 2 heterocycles. The van der Waals surface area contributed by atoms with Gasteiger partial charge < -0.3 is 14.5 Å². The minimum atomic E-state index is -0.609. The van der Waals surface area contributed by atoms with Crippen LogP contribution in [-0.2, 0) is 22.4 Å². The molecule has 0 spiro atoms. The van der Waals surface area contributed by atoms with Gasteiger partial charge in [-0.2, -0.15) is 5.26 Å². The van der Waals surface area contributed by atoms with Crippen molar-refractivity contribution in [1.82, 2.24) is 0 Å². The summed E-state index contributed by atoms with van der Waals surface area (Å²) >= 11 is 7.41. The fraction of sp³-hybridized carbons (Fsp3) is 0.240. The van der Waals surface area contributed by atoms with Crippen molar-refractivity contribution in [2.45, 2.75) is 32.6 Å². The summed E-state index contributed by atoms with van der Waals surface area (Å²) in [5.74, 6) is -0.140. The summed E-state index contributed by atoms with van der Waals surface area (Å²) in [5.41, 5.74) is 2.00. The van der Waals surface area contributed by atoms with Crippen LogP contribution in [0.4, 0.5) is 5.00 Å². The van der Waals surface area contributed by atoms with Crippen molar-refractivity contribution in [3.05, 3.63) is 68.8 Å². The number of amides is 1. The number of hydrogen-bond donors (Lipinski definition) is 1. The molecule has 1 amide bonds. The lowest BCUT2D eigenvalue weighted by Gasteiger charge is -2.12. The van der Waals surface area contributed by atoms with E-state index in [-0.39, 0.29) is 12.2 Å². The van der Waals surface area contributed by atoms with Crippen molar-refractivity contribution >= 4 is 45.9 Å². The zero-order valence-corrected chi connectivity index (χ0v) is 19.5. The summed E-state index contributed by atoms with van der Waals surface area (Å²) in [5, 5.41) is 13.3. The first kappa shape index (κ1) is 22.8. The molecule has 1 aliphatic carbocycles. The van der Waals surface area contributed by atoms with Crippen LogP contribution in [0.2, 0.25) is 5.02 Å². The van der Waals surface area contributed by atoms with E-state index in [1.54, 1.807) is 31.2 Å². The molecule has 33 heavy (non-hydrogen) atoms. The van der Waals surface area contributed by atoms with E-state index in [0.29, 0.717) is 27.1 Å². The van der Waals surface area contributed by atoms with Crippen molar-refractivity contribution < 1.29 is 18.7 Å². The van der Waals surface area contributed by atoms with E-state index in [2.05, 4.69) is 5.32 Å². The lowest BCUT2D eigenvalue weighted by Crippen LogP contribution is -2.16. The summed E-state index contributed by atoms with van der Waals surface area (Å²) in [6.45, 7) is 1.99. The van der Waals surface area contributed by atoms with Gasteiger partial charge in [0.1, 0.15) is 28.2 Å². The Balaban J connectivity index is 1.59. The molecular formula is C25H21ClN2O4S. The molecule has 0 radical (unpaired) electrons. The minimum Gasteiger partial charge on any atom is -0.462 e. The Bertz CT molecular complexity index is 1280. The number of benzene rings is 1. The van der Waals surface area contributed by atoms with Gasteiger partial charge in [0, 0.05) is 21.5 Å². The highest BCUT2D eigenvalue weighted by molar-refractivity contribution is 7.17. The van der Waals surface area contributed by atoms with Crippen molar-refractivity contribution in [3.63, 3.8) is 0 Å². The monoisotopic (exact) mass is 480 g/mol. The molecule has 1 aliphatic rings. The molecule has 0 unspecified atom stereocenters. The number of nitriles is 1. The SMILES string of the molecule is CCOC(=O)c1c(NC(=O)/C(C#N)=C/c2ccc(-c3cccc(Cl)c3)o2)sc2c1CCCC2. The number of ether oxygens (including phenoxy) is 1. The fourth-order valence-electron chi connectivity index (χ4n) is 3.76. The van der Waals surface area contributed by atoms with Gasteiger partial charge in [-0.05, 0) is 62.4 Å². The molecule has 4 rings (SSSR count). The quantitative estimate of drug-likeness (QED) is 0.255. The van der Waals surface area contributed by atoms with Gasteiger partial charge in [-0.1, -0.05) is 23.7 Å². The Morgan fingerprint density at radius 1 is 1.27 bits per heavy atom. The number of nitrogens with one attached hydrogen (secondary N) is 1. The Labute approximate surface area is 200 Å². The Morgan fingerprint density at radius 2 is 2.09 bits per heavy atom. The van der Waals surface area contributed by atoms with Crippen LogP contribution >= 0.6 is 22.9 Å². The van der Waals surface area contributed by atoms with E-state index in [4.69, 9.17) is 20.8 Å². The third-order valence-corrected chi connectivity index (χ3v) is 6.71. The van der Waals surface area contributed by atoms with Crippen LogP contribution in [0.3, 0.4) is 0 Å². The first-order valence-corrected chi connectivity index (χ1v) is 11.8. The van der Waals surface area contributed by atoms with Crippen molar-refractivity contribution in [2.24, 2.45) is 0 Å². The van der Waals surface area contributed by atoms with Gasteiger partial charge in [0.15, 0.2) is 0 Å². The van der Waals surface area contributed by atoms with Crippen LogP contribution < -0.4 is 5.32 Å². The lowest BCUT2D eigenvalue weighted by molar-refractivity contribution is -0.112. The minimum absolute atomic E-state index is 0.136. The molecule has 0 aliphatic heterocycles. The molecule has 0 bridgehead atoms. The maximum atomic E-state index is 12.9. The molecule has 168 valence electrons. The second-order valence-corrected chi connectivity index (χ2v) is 9.01. The van der Waals surface area contributed by atoms with Crippen LogP contribution in [0.5, 0.6) is 0 Å². The van der Waals surface area contributed by atoms with E-state index >= 15 is 0 Å². The number of halogens is 1. The highest BCUT2D eigenvalue weighted by Gasteiger charge is 2.27. The van der Waals surface area contributed by atoms with E-state index < -0.39 is 11.9 Å². The Kier molecular flexibility index (Phi) is 6.97. The number of aryl methyl sites for hydroxylation is 1. The molecule has 0 fully saturated rings. The standard InChI is InChI=1S/C25H21ClN2O4S/c1-2-31-25(30)22-19-8-3-4-9-21(19)33-24(22)28-23(29)16(14-27)13-18-10-11-20(32-18)15-6-5-7-17(26)12-15/h5-7,10-13H,2-4,8-9H2,1H3,(H,28,29)/b16-13+. The van der Waals surface area contributed by atoms with Gasteiger partial charge >= 0.3 is 5.97 Å². The van der Waals surface area contributed by atoms with Crippen LogP contribution in [-0.4, -0.2) is 18.5 Å². The number of hydrogen-bond acceptors (Lipinski definition) is 6. The lowest BCUT2D eigenvalue weighted by atomic mass is 9.95. The number of thiophene rings is 1. The van der Waals surface area contributed by atoms with E-state index in [0.717, 1.165) is 41.7 Å². The first-order valence-electron chi connectivity index (χ1n) is 10.6. The molecule has 0 atom stereocenters. The van der Waals surface area contributed by atoms with E-state index in [9.17, 15) is 14.9 Å². The molecule has 2 aromatic heterocycles. The zero-order chi connectivity index (χ0) is 23.4. The van der Waals surface area contributed by atoms with Crippen molar-refractivity contribution in [2.75, 3.05) is 11.9 Å². The van der Waals surface area contributed by atoms with Gasteiger partial charge in [-0.25, -0.2) is 4.79 Å². The summed E-state index contributed by atoms with van der Waals surface area (Å²) in [7, 11) is 0. The van der Waals surface area contributed by atoms with Crippen molar-refractivity contribution in [1.29, 1.82) is 5.26 Å². The smallest absolute Gasteiger partial charge is 0.341 e. The third kappa shape index (κ3) is 5.03. The van der Waals surface area contributed by atoms with Gasteiger partial charge in [0.2, 0.25) is 0 Å². The topological polar surface area (TPSA) is 92.3 Å². The summed E-state index contributed by atoms with van der Waals surface area (Å²) in [6, 6.07) is 12.5. The number of anilines is 1. The van der Waals surface area contributed by atoms with Crippen LogP contribution in [0.25, 0.3) is 17.4 Å². The van der Waals surface area contributed by atoms with Gasteiger partial charge in [0.25, 0.3) is 5.91 Å². The number of nitrogens with zero attached hydrogens (tertiary/aromatic N) is 1. The fourth-order valence-corrected chi connectivity index (χ4v) is 5.22. The Morgan fingerprint density at radius 3 is 2.85 bits per heavy atom. The molecule has 6 nitrogen and oxygen atoms in total. The molecular weight excluding hydrogens is 460 g/mol. The van der Waals surface area contributed by atoms with Crippen LogP contribution in [0.15, 0.2) is 46.4 Å². The molecule has 1 N–H and O–H groups in total. The number of fused-ring (bicyclic) bond motifs is 1. The molecule has 3 aromatic rings.